The monoisotopic (exact) mass is 274 g/mol. The molecule has 17 heavy (non-hydrogen) atoms. The molecule has 0 aromatic heterocycles. The highest BCUT2D eigenvalue weighted by Gasteiger charge is 2.16. The van der Waals surface area contributed by atoms with Gasteiger partial charge >= 0.3 is 0 Å². The number of primary sulfonamides is 1. The quantitative estimate of drug-likeness (QED) is 0.650. The summed E-state index contributed by atoms with van der Waals surface area (Å²) in [6, 6.07) is 3.20. The third-order valence-electron chi connectivity index (χ3n) is 2.54. The number of anilines is 1. The zero-order valence-corrected chi connectivity index (χ0v) is 11.9. The fourth-order valence-corrected chi connectivity index (χ4v) is 3.39. The molecule has 1 atom stereocenters. The van der Waals surface area contributed by atoms with Crippen LogP contribution in [0.15, 0.2) is 21.9 Å². The van der Waals surface area contributed by atoms with Crippen molar-refractivity contribution in [2.75, 3.05) is 5.73 Å². The lowest BCUT2D eigenvalue weighted by Gasteiger charge is -2.14. The Hall–Kier alpha value is -0.720. The largest absolute Gasteiger partial charge is 0.399 e. The number of hydrogen-bond donors (Lipinski definition) is 2. The molecular weight excluding hydrogens is 256 g/mol. The smallest absolute Gasteiger partial charge is 0.238 e. The van der Waals surface area contributed by atoms with Crippen LogP contribution in [0.3, 0.4) is 0 Å². The maximum absolute atomic E-state index is 11.4. The third kappa shape index (κ3) is 3.62. The van der Waals surface area contributed by atoms with E-state index >= 15 is 0 Å². The van der Waals surface area contributed by atoms with E-state index in [0.717, 1.165) is 11.3 Å². The van der Waals surface area contributed by atoms with Gasteiger partial charge in [0.15, 0.2) is 0 Å². The van der Waals surface area contributed by atoms with Gasteiger partial charge in [-0.3, -0.25) is 0 Å². The van der Waals surface area contributed by atoms with Crippen molar-refractivity contribution in [1.29, 1.82) is 0 Å². The van der Waals surface area contributed by atoms with Crippen LogP contribution in [0.2, 0.25) is 0 Å². The summed E-state index contributed by atoms with van der Waals surface area (Å²) < 4.78 is 22.9. The first-order valence-corrected chi connectivity index (χ1v) is 7.78. The molecule has 0 aliphatic carbocycles. The topological polar surface area (TPSA) is 86.2 Å². The minimum atomic E-state index is -3.71. The standard InChI is InChI=1S/C11H18N2O2S2/c1-4-7(2)16-10-5-9(12)6-11(8(10)3)17(13,14)15/h5-7H,4,12H2,1-3H3,(H2,13,14,15). The van der Waals surface area contributed by atoms with Crippen molar-refractivity contribution in [2.45, 2.75) is 42.2 Å². The van der Waals surface area contributed by atoms with Gasteiger partial charge in [-0.15, -0.1) is 11.8 Å². The molecule has 0 aliphatic rings. The molecule has 0 bridgehead atoms. The summed E-state index contributed by atoms with van der Waals surface area (Å²) in [5, 5.41) is 5.57. The van der Waals surface area contributed by atoms with Crippen molar-refractivity contribution in [1.82, 2.24) is 0 Å². The van der Waals surface area contributed by atoms with Crippen molar-refractivity contribution >= 4 is 27.5 Å². The number of rotatable bonds is 4. The molecule has 0 amide bonds. The highest BCUT2D eigenvalue weighted by atomic mass is 32.2. The number of thioether (sulfide) groups is 1. The zero-order chi connectivity index (χ0) is 13.2. The average molecular weight is 274 g/mol. The summed E-state index contributed by atoms with van der Waals surface area (Å²) in [5.74, 6) is 0. The highest BCUT2D eigenvalue weighted by Crippen LogP contribution is 2.33. The zero-order valence-electron chi connectivity index (χ0n) is 10.2. The van der Waals surface area contributed by atoms with Gasteiger partial charge in [0.05, 0.1) is 4.90 Å². The van der Waals surface area contributed by atoms with E-state index in [0.29, 0.717) is 16.5 Å². The first-order valence-electron chi connectivity index (χ1n) is 5.35. The Morgan fingerprint density at radius 2 is 2.00 bits per heavy atom. The molecule has 0 aliphatic heterocycles. The number of hydrogen-bond acceptors (Lipinski definition) is 4. The lowest BCUT2D eigenvalue weighted by Crippen LogP contribution is -2.14. The lowest BCUT2D eigenvalue weighted by molar-refractivity contribution is 0.597. The molecule has 0 saturated carbocycles. The Kier molecular flexibility index (Phi) is 4.46. The van der Waals surface area contributed by atoms with E-state index in [-0.39, 0.29) is 4.90 Å². The van der Waals surface area contributed by atoms with Gasteiger partial charge in [-0.25, -0.2) is 13.6 Å². The summed E-state index contributed by atoms with van der Waals surface area (Å²) in [7, 11) is -3.71. The van der Waals surface area contributed by atoms with Crippen LogP contribution in [-0.2, 0) is 10.0 Å². The van der Waals surface area contributed by atoms with Crippen LogP contribution in [0.25, 0.3) is 0 Å². The second-order valence-electron chi connectivity index (χ2n) is 4.02. The van der Waals surface area contributed by atoms with Crippen molar-refractivity contribution in [3.63, 3.8) is 0 Å². The van der Waals surface area contributed by atoms with Crippen LogP contribution in [0.5, 0.6) is 0 Å². The molecule has 1 rings (SSSR count). The third-order valence-corrected chi connectivity index (χ3v) is 5.00. The van der Waals surface area contributed by atoms with E-state index in [4.69, 9.17) is 10.9 Å². The molecule has 0 spiro atoms. The first kappa shape index (κ1) is 14.3. The molecular formula is C11H18N2O2S2. The Morgan fingerprint density at radius 1 is 1.41 bits per heavy atom. The molecule has 0 heterocycles. The molecule has 0 saturated heterocycles. The Balaban J connectivity index is 3.29. The Morgan fingerprint density at radius 3 is 2.47 bits per heavy atom. The Labute approximate surface area is 107 Å². The van der Waals surface area contributed by atoms with Crippen molar-refractivity contribution in [2.24, 2.45) is 5.14 Å². The number of nitrogens with two attached hydrogens (primary N) is 2. The van der Waals surface area contributed by atoms with Gasteiger partial charge in [0.25, 0.3) is 0 Å². The van der Waals surface area contributed by atoms with Crippen LogP contribution < -0.4 is 10.9 Å². The molecule has 96 valence electrons. The number of benzene rings is 1. The Bertz CT molecular complexity index is 512. The van der Waals surface area contributed by atoms with E-state index in [2.05, 4.69) is 13.8 Å². The molecule has 4 nitrogen and oxygen atoms in total. The molecule has 0 radical (unpaired) electrons. The predicted molar refractivity (Wildman–Crippen MR) is 72.6 cm³/mol. The van der Waals surface area contributed by atoms with E-state index in [1.165, 1.54) is 6.07 Å². The van der Waals surface area contributed by atoms with Crippen molar-refractivity contribution < 1.29 is 8.42 Å². The van der Waals surface area contributed by atoms with Crippen molar-refractivity contribution in [3.8, 4) is 0 Å². The molecule has 1 aromatic carbocycles. The normalized spacial score (nSPS) is 13.6. The minimum Gasteiger partial charge on any atom is -0.399 e. The van der Waals surface area contributed by atoms with E-state index in [1.807, 2.05) is 0 Å². The van der Waals surface area contributed by atoms with E-state index in [1.54, 1.807) is 24.8 Å². The first-order chi connectivity index (χ1) is 7.75. The number of nitrogen functional groups attached to an aromatic ring is 1. The van der Waals surface area contributed by atoms with Gasteiger partial charge < -0.3 is 5.73 Å². The van der Waals surface area contributed by atoms with Gasteiger partial charge in [-0.2, -0.15) is 0 Å². The molecule has 1 unspecified atom stereocenters. The van der Waals surface area contributed by atoms with Crippen LogP contribution >= 0.6 is 11.8 Å². The average Bonchev–Trinajstić information content (AvgIpc) is 2.21. The SMILES string of the molecule is CCC(C)Sc1cc(N)cc(S(N)(=O)=O)c1C. The fourth-order valence-electron chi connectivity index (χ4n) is 1.40. The van der Waals surface area contributed by atoms with Crippen LogP contribution in [0, 0.1) is 6.92 Å². The maximum Gasteiger partial charge on any atom is 0.238 e. The number of sulfonamides is 1. The van der Waals surface area contributed by atoms with Gasteiger partial charge in [-0.05, 0) is 31.0 Å². The van der Waals surface area contributed by atoms with Crippen LogP contribution in [0.4, 0.5) is 5.69 Å². The lowest BCUT2D eigenvalue weighted by atomic mass is 10.2. The summed E-state index contributed by atoms with van der Waals surface area (Å²) in [6.45, 7) is 5.92. The second kappa shape index (κ2) is 5.29. The molecule has 0 fully saturated rings. The van der Waals surface area contributed by atoms with Gasteiger partial charge in [-0.1, -0.05) is 13.8 Å². The molecule has 4 N–H and O–H groups in total. The maximum atomic E-state index is 11.4. The van der Waals surface area contributed by atoms with Crippen molar-refractivity contribution in [3.05, 3.63) is 17.7 Å². The molecule has 6 heteroatoms. The van der Waals surface area contributed by atoms with E-state index in [9.17, 15) is 8.42 Å². The highest BCUT2D eigenvalue weighted by molar-refractivity contribution is 8.00. The predicted octanol–water partition coefficient (Wildman–Crippen LogP) is 2.12. The summed E-state index contributed by atoms with van der Waals surface area (Å²) in [4.78, 5) is 0.992. The summed E-state index contributed by atoms with van der Waals surface area (Å²) in [5.41, 5.74) is 6.80. The van der Waals surface area contributed by atoms with Crippen LogP contribution in [-0.4, -0.2) is 13.7 Å². The molecule has 1 aromatic rings. The van der Waals surface area contributed by atoms with Gasteiger partial charge in [0.1, 0.15) is 0 Å². The van der Waals surface area contributed by atoms with E-state index < -0.39 is 10.0 Å². The van der Waals surface area contributed by atoms with Gasteiger partial charge in [0, 0.05) is 15.8 Å². The van der Waals surface area contributed by atoms with Crippen LogP contribution in [0.1, 0.15) is 25.8 Å². The minimum absolute atomic E-state index is 0.114. The van der Waals surface area contributed by atoms with Gasteiger partial charge in [0.2, 0.25) is 10.0 Å². The second-order valence-corrected chi connectivity index (χ2v) is 7.03. The summed E-state index contributed by atoms with van der Waals surface area (Å²) >= 11 is 1.61. The summed E-state index contributed by atoms with van der Waals surface area (Å²) in [6.07, 6.45) is 1.00. The fraction of sp³-hybridized carbons (Fsp3) is 0.455.